The molecule has 0 aliphatic carbocycles. The van der Waals surface area contributed by atoms with Gasteiger partial charge in [-0.2, -0.15) is 0 Å². The number of amides is 2. The SMILES string of the molecule is C[C@@H](C[C@H](Cc1ccc(NC(=O)OCc2ccccc2)cc1)NC(=O)OC(C)(C)C)C(=O)O. The quantitative estimate of drug-likeness (QED) is 0.490. The third-order valence-electron chi connectivity index (χ3n) is 4.68. The fourth-order valence-corrected chi connectivity index (χ4v) is 3.08. The average Bonchev–Trinajstić information content (AvgIpc) is 2.73. The van der Waals surface area contributed by atoms with E-state index in [1.807, 2.05) is 42.5 Å². The maximum Gasteiger partial charge on any atom is 0.411 e. The number of carboxylic acid groups (broad SMARTS) is 1. The van der Waals surface area contributed by atoms with Crippen molar-refractivity contribution in [3.8, 4) is 0 Å². The Balaban J connectivity index is 1.95. The second-order valence-electron chi connectivity index (χ2n) is 8.91. The topological polar surface area (TPSA) is 114 Å². The van der Waals surface area contributed by atoms with Crippen LogP contribution in [0.15, 0.2) is 54.6 Å². The minimum absolute atomic E-state index is 0.171. The minimum Gasteiger partial charge on any atom is -0.481 e. The lowest BCUT2D eigenvalue weighted by atomic mass is 9.96. The van der Waals surface area contributed by atoms with Gasteiger partial charge in [-0.05, 0) is 56.9 Å². The minimum atomic E-state index is -0.931. The van der Waals surface area contributed by atoms with Gasteiger partial charge in [0.1, 0.15) is 12.2 Å². The molecule has 8 nitrogen and oxygen atoms in total. The normalized spacial score (nSPS) is 12.8. The molecule has 0 heterocycles. The predicted molar refractivity (Wildman–Crippen MR) is 125 cm³/mol. The number of carboxylic acids is 1. The number of nitrogens with one attached hydrogen (secondary N) is 2. The van der Waals surface area contributed by atoms with E-state index in [0.717, 1.165) is 11.1 Å². The number of aliphatic carboxylic acids is 1. The van der Waals surface area contributed by atoms with Crippen LogP contribution in [0.4, 0.5) is 15.3 Å². The fraction of sp³-hybridized carbons (Fsp3) is 0.400. The second-order valence-corrected chi connectivity index (χ2v) is 8.91. The zero-order chi connectivity index (χ0) is 24.4. The predicted octanol–water partition coefficient (Wildman–Crippen LogP) is 4.98. The van der Waals surface area contributed by atoms with Crippen molar-refractivity contribution in [1.29, 1.82) is 0 Å². The van der Waals surface area contributed by atoms with Crippen molar-refractivity contribution in [2.45, 2.75) is 58.8 Å². The summed E-state index contributed by atoms with van der Waals surface area (Å²) in [5.74, 6) is -1.56. The Morgan fingerprint density at radius 2 is 1.58 bits per heavy atom. The standard InChI is InChI=1S/C25H32N2O6/c1-17(22(28)29)14-21(27-24(31)33-25(2,3)4)15-18-10-12-20(13-11-18)26-23(30)32-16-19-8-6-5-7-9-19/h5-13,17,21H,14-16H2,1-4H3,(H,26,30)(H,27,31)(H,28,29)/t17-,21+/m0/s1. The number of rotatable bonds is 9. The first-order chi connectivity index (χ1) is 15.5. The summed E-state index contributed by atoms with van der Waals surface area (Å²) in [5.41, 5.74) is 1.67. The van der Waals surface area contributed by atoms with Gasteiger partial charge < -0.3 is 19.9 Å². The zero-order valence-electron chi connectivity index (χ0n) is 19.5. The van der Waals surface area contributed by atoms with E-state index in [1.165, 1.54) is 0 Å². The molecule has 0 saturated carbocycles. The van der Waals surface area contributed by atoms with Gasteiger partial charge in [0.2, 0.25) is 0 Å². The molecule has 178 valence electrons. The van der Waals surface area contributed by atoms with Crippen LogP contribution in [-0.4, -0.2) is 34.9 Å². The summed E-state index contributed by atoms with van der Waals surface area (Å²) in [5, 5.41) is 14.7. The molecule has 2 amide bonds. The lowest BCUT2D eigenvalue weighted by Crippen LogP contribution is -2.41. The molecule has 0 radical (unpaired) electrons. The molecule has 8 heteroatoms. The molecule has 3 N–H and O–H groups in total. The maximum atomic E-state index is 12.2. The van der Waals surface area contributed by atoms with E-state index in [4.69, 9.17) is 9.47 Å². The molecule has 2 atom stereocenters. The number of ether oxygens (including phenoxy) is 2. The van der Waals surface area contributed by atoms with Crippen molar-refractivity contribution in [2.75, 3.05) is 5.32 Å². The van der Waals surface area contributed by atoms with Crippen LogP contribution < -0.4 is 10.6 Å². The molecule has 0 bridgehead atoms. The summed E-state index contributed by atoms with van der Waals surface area (Å²) in [6.07, 6.45) is -0.494. The van der Waals surface area contributed by atoms with Crippen LogP contribution in [0.1, 0.15) is 45.2 Å². The van der Waals surface area contributed by atoms with E-state index in [2.05, 4.69) is 10.6 Å². The van der Waals surface area contributed by atoms with Crippen LogP contribution in [-0.2, 0) is 27.3 Å². The van der Waals surface area contributed by atoms with Crippen LogP contribution in [0.5, 0.6) is 0 Å². The van der Waals surface area contributed by atoms with E-state index >= 15 is 0 Å². The second kappa shape index (κ2) is 11.9. The van der Waals surface area contributed by atoms with Gasteiger partial charge >= 0.3 is 18.2 Å². The van der Waals surface area contributed by atoms with Gasteiger partial charge in [-0.3, -0.25) is 10.1 Å². The molecular weight excluding hydrogens is 424 g/mol. The van der Waals surface area contributed by atoms with Crippen LogP contribution in [0.3, 0.4) is 0 Å². The number of carbonyl (C=O) groups excluding carboxylic acids is 2. The zero-order valence-corrected chi connectivity index (χ0v) is 19.5. The van der Waals surface area contributed by atoms with E-state index in [9.17, 15) is 19.5 Å². The Labute approximate surface area is 194 Å². The number of benzene rings is 2. The first kappa shape index (κ1) is 25.7. The Hall–Kier alpha value is -3.55. The van der Waals surface area contributed by atoms with Crippen molar-refractivity contribution in [1.82, 2.24) is 5.32 Å². The smallest absolute Gasteiger partial charge is 0.411 e. The number of hydrogen-bond acceptors (Lipinski definition) is 5. The highest BCUT2D eigenvalue weighted by Crippen LogP contribution is 2.16. The van der Waals surface area contributed by atoms with Crippen molar-refractivity contribution >= 4 is 23.8 Å². The Bertz CT molecular complexity index is 922. The molecule has 0 saturated heterocycles. The fourth-order valence-electron chi connectivity index (χ4n) is 3.08. The molecular formula is C25H32N2O6. The highest BCUT2D eigenvalue weighted by atomic mass is 16.6. The third kappa shape index (κ3) is 10.1. The monoisotopic (exact) mass is 456 g/mol. The maximum absolute atomic E-state index is 12.2. The first-order valence-electron chi connectivity index (χ1n) is 10.8. The molecule has 0 aromatic heterocycles. The van der Waals surface area contributed by atoms with E-state index in [1.54, 1.807) is 39.8 Å². The van der Waals surface area contributed by atoms with E-state index < -0.39 is 35.7 Å². The van der Waals surface area contributed by atoms with Gasteiger partial charge in [0, 0.05) is 11.7 Å². The van der Waals surface area contributed by atoms with Gasteiger partial charge in [-0.15, -0.1) is 0 Å². The summed E-state index contributed by atoms with van der Waals surface area (Å²) in [6.45, 7) is 7.05. The average molecular weight is 457 g/mol. The summed E-state index contributed by atoms with van der Waals surface area (Å²) in [4.78, 5) is 35.5. The van der Waals surface area contributed by atoms with Gasteiger partial charge in [-0.1, -0.05) is 49.4 Å². The highest BCUT2D eigenvalue weighted by Gasteiger charge is 2.23. The summed E-state index contributed by atoms with van der Waals surface area (Å²) in [6, 6.07) is 16.0. The molecule has 2 aromatic carbocycles. The molecule has 0 aliphatic heterocycles. The summed E-state index contributed by atoms with van der Waals surface area (Å²) < 4.78 is 10.5. The van der Waals surface area contributed by atoms with Crippen molar-refractivity contribution in [2.24, 2.45) is 5.92 Å². The molecule has 0 unspecified atom stereocenters. The Kier molecular flexibility index (Phi) is 9.27. The van der Waals surface area contributed by atoms with Gasteiger partial charge in [0.05, 0.1) is 5.92 Å². The molecule has 2 rings (SSSR count). The van der Waals surface area contributed by atoms with Crippen molar-refractivity contribution in [3.05, 3.63) is 65.7 Å². The summed E-state index contributed by atoms with van der Waals surface area (Å²) >= 11 is 0. The Morgan fingerprint density at radius 3 is 2.15 bits per heavy atom. The lowest BCUT2D eigenvalue weighted by Gasteiger charge is -2.24. The largest absolute Gasteiger partial charge is 0.481 e. The molecule has 33 heavy (non-hydrogen) atoms. The molecule has 0 fully saturated rings. The Morgan fingerprint density at radius 1 is 0.939 bits per heavy atom. The molecule has 2 aromatic rings. The number of alkyl carbamates (subject to hydrolysis) is 1. The van der Waals surface area contributed by atoms with Gasteiger partial charge in [0.15, 0.2) is 0 Å². The molecule has 0 aliphatic rings. The lowest BCUT2D eigenvalue weighted by molar-refractivity contribution is -0.141. The number of anilines is 1. The van der Waals surface area contributed by atoms with Crippen LogP contribution in [0, 0.1) is 5.92 Å². The van der Waals surface area contributed by atoms with Crippen LogP contribution in [0.2, 0.25) is 0 Å². The van der Waals surface area contributed by atoms with Crippen molar-refractivity contribution in [3.63, 3.8) is 0 Å². The molecule has 0 spiro atoms. The van der Waals surface area contributed by atoms with E-state index in [-0.39, 0.29) is 13.0 Å². The van der Waals surface area contributed by atoms with E-state index in [0.29, 0.717) is 12.1 Å². The number of hydrogen-bond donors (Lipinski definition) is 3. The number of carbonyl (C=O) groups is 3. The van der Waals surface area contributed by atoms with Crippen LogP contribution >= 0.6 is 0 Å². The third-order valence-corrected chi connectivity index (χ3v) is 4.68. The van der Waals surface area contributed by atoms with Gasteiger partial charge in [-0.25, -0.2) is 9.59 Å². The van der Waals surface area contributed by atoms with Crippen molar-refractivity contribution < 1.29 is 29.0 Å². The van der Waals surface area contributed by atoms with Gasteiger partial charge in [0.25, 0.3) is 0 Å². The summed E-state index contributed by atoms with van der Waals surface area (Å²) in [7, 11) is 0. The highest BCUT2D eigenvalue weighted by molar-refractivity contribution is 5.84. The first-order valence-corrected chi connectivity index (χ1v) is 10.8. The van der Waals surface area contributed by atoms with Crippen LogP contribution in [0.25, 0.3) is 0 Å².